The average Bonchev–Trinajstić information content (AvgIpc) is 3.28. The van der Waals surface area contributed by atoms with Gasteiger partial charge in [-0.3, -0.25) is 14.5 Å². The number of hydrogen-bond acceptors (Lipinski definition) is 7. The number of hydrogen-bond donors (Lipinski definition) is 0. The molecule has 160 valence electrons. The summed E-state index contributed by atoms with van der Waals surface area (Å²) < 4.78 is 11.4. The Bertz CT molecular complexity index is 1110. The summed E-state index contributed by atoms with van der Waals surface area (Å²) in [5.74, 6) is -0.644. The highest BCUT2D eigenvalue weighted by atomic mass is 35.5. The fourth-order valence-corrected chi connectivity index (χ4v) is 3.62. The monoisotopic (exact) mass is 442 g/mol. The fraction of sp³-hybridized carbons (Fsp3) is 0.238. The van der Waals surface area contributed by atoms with Crippen molar-refractivity contribution in [1.82, 2.24) is 10.2 Å². The van der Waals surface area contributed by atoms with Crippen molar-refractivity contribution in [3.05, 3.63) is 59.2 Å². The molecule has 0 spiro atoms. The summed E-state index contributed by atoms with van der Waals surface area (Å²) in [6, 6.07) is 12.7. The van der Waals surface area contributed by atoms with Gasteiger partial charge in [-0.1, -0.05) is 11.6 Å². The van der Waals surface area contributed by atoms with Crippen LogP contribution in [-0.4, -0.2) is 42.2 Å². The lowest BCUT2D eigenvalue weighted by atomic mass is 10.2. The normalized spacial score (nSPS) is 16.4. The van der Waals surface area contributed by atoms with E-state index in [0.717, 1.165) is 4.90 Å². The van der Waals surface area contributed by atoms with Gasteiger partial charge in [0.25, 0.3) is 11.6 Å². The van der Waals surface area contributed by atoms with Crippen LogP contribution in [0.1, 0.15) is 12.1 Å². The van der Waals surface area contributed by atoms with Gasteiger partial charge in [0.15, 0.2) is 5.95 Å². The number of carbonyl (C=O) groups is 2. The van der Waals surface area contributed by atoms with E-state index >= 15 is 0 Å². The first-order chi connectivity index (χ1) is 14.9. The Kier molecular flexibility index (Phi) is 5.62. The van der Waals surface area contributed by atoms with Gasteiger partial charge in [-0.05, 0) is 48.1 Å². The predicted octanol–water partition coefficient (Wildman–Crippen LogP) is 1.45. The van der Waals surface area contributed by atoms with Crippen LogP contribution in [0.3, 0.4) is 0 Å². The van der Waals surface area contributed by atoms with Crippen LogP contribution >= 0.6 is 11.6 Å². The van der Waals surface area contributed by atoms with Crippen molar-refractivity contribution in [2.75, 3.05) is 19.1 Å². The van der Waals surface area contributed by atoms with Crippen LogP contribution < -0.4 is 19.4 Å². The topological polar surface area (TPSA) is 103 Å². The van der Waals surface area contributed by atoms with Gasteiger partial charge in [0.1, 0.15) is 5.75 Å². The van der Waals surface area contributed by atoms with Crippen molar-refractivity contribution in [3.8, 4) is 17.4 Å². The van der Waals surface area contributed by atoms with E-state index in [1.165, 1.54) is 4.68 Å². The van der Waals surface area contributed by atoms with E-state index in [2.05, 4.69) is 5.27 Å². The molecule has 1 atom stereocenters. The molecular weight excluding hydrogens is 424 g/mol. The van der Waals surface area contributed by atoms with Crippen LogP contribution in [0.4, 0.5) is 5.69 Å². The SMILES string of the molecule is COc1ccc(-[n+]2noc([O-])c2CN(C)C2CC(=O)N(c3ccc(Cl)cc3)C2=O)cc1. The molecule has 31 heavy (non-hydrogen) atoms. The Labute approximate surface area is 183 Å². The maximum absolute atomic E-state index is 13.0. The van der Waals surface area contributed by atoms with Crippen LogP contribution in [0, 0.1) is 0 Å². The highest BCUT2D eigenvalue weighted by Gasteiger charge is 2.42. The van der Waals surface area contributed by atoms with Crippen molar-refractivity contribution in [2.45, 2.75) is 19.0 Å². The zero-order chi connectivity index (χ0) is 22.1. The van der Waals surface area contributed by atoms with E-state index < -0.39 is 12.0 Å². The van der Waals surface area contributed by atoms with Crippen LogP contribution in [0.2, 0.25) is 5.02 Å². The minimum atomic E-state index is -0.721. The van der Waals surface area contributed by atoms with Crippen LogP contribution in [0.5, 0.6) is 11.7 Å². The third-order valence-electron chi connectivity index (χ3n) is 5.15. The first kappa shape index (κ1) is 20.8. The molecule has 0 radical (unpaired) electrons. The van der Waals surface area contributed by atoms with Gasteiger partial charge in [-0.25, -0.2) is 4.90 Å². The molecule has 2 amide bonds. The zero-order valence-corrected chi connectivity index (χ0v) is 17.6. The molecule has 0 N–H and O–H groups in total. The Morgan fingerprint density at radius 3 is 2.55 bits per heavy atom. The van der Waals surface area contributed by atoms with Crippen molar-refractivity contribution >= 4 is 29.1 Å². The summed E-state index contributed by atoms with van der Waals surface area (Å²) >= 11 is 5.90. The Hall–Kier alpha value is -3.43. The van der Waals surface area contributed by atoms with Gasteiger partial charge in [0, 0.05) is 17.2 Å². The number of carbonyl (C=O) groups excluding carboxylic acids is 2. The molecule has 0 saturated carbocycles. The number of nitrogens with zero attached hydrogens (tertiary/aromatic N) is 4. The molecule has 3 aromatic rings. The quantitative estimate of drug-likeness (QED) is 0.420. The number of benzene rings is 2. The number of halogens is 1. The second-order valence-electron chi connectivity index (χ2n) is 7.10. The first-order valence-electron chi connectivity index (χ1n) is 9.44. The summed E-state index contributed by atoms with van der Waals surface area (Å²) in [7, 11) is 3.23. The molecule has 0 bridgehead atoms. The number of methoxy groups -OCH3 is 1. The number of imide groups is 1. The van der Waals surface area contributed by atoms with Crippen molar-refractivity contribution in [1.29, 1.82) is 0 Å². The molecule has 1 aliphatic heterocycles. The number of anilines is 1. The van der Waals surface area contributed by atoms with Crippen molar-refractivity contribution < 1.29 is 28.6 Å². The average molecular weight is 443 g/mol. The van der Waals surface area contributed by atoms with E-state index in [1.54, 1.807) is 67.6 Å². The third kappa shape index (κ3) is 3.97. The number of likely N-dealkylation sites (N-methyl/N-ethyl adjacent to an activating group) is 1. The molecule has 9 nitrogen and oxygen atoms in total. The molecule has 1 aromatic heterocycles. The largest absolute Gasteiger partial charge is 0.539 e. The van der Waals surface area contributed by atoms with E-state index in [9.17, 15) is 14.7 Å². The minimum absolute atomic E-state index is 0.0000337. The van der Waals surface area contributed by atoms with E-state index in [4.69, 9.17) is 20.9 Å². The predicted molar refractivity (Wildman–Crippen MR) is 108 cm³/mol. The molecule has 0 aliphatic carbocycles. The summed E-state index contributed by atoms with van der Waals surface area (Å²) in [6.45, 7) is 0.0620. The molecule has 1 aliphatic rings. The van der Waals surface area contributed by atoms with Crippen molar-refractivity contribution in [3.63, 3.8) is 0 Å². The molecule has 2 aromatic carbocycles. The zero-order valence-electron chi connectivity index (χ0n) is 16.8. The summed E-state index contributed by atoms with van der Waals surface area (Å²) in [5.41, 5.74) is 1.29. The second-order valence-corrected chi connectivity index (χ2v) is 7.53. The molecule has 1 unspecified atom stereocenters. The third-order valence-corrected chi connectivity index (χ3v) is 5.40. The van der Waals surface area contributed by atoms with Gasteiger partial charge < -0.3 is 14.4 Å². The Balaban J connectivity index is 1.55. The highest BCUT2D eigenvalue weighted by molar-refractivity contribution is 6.30. The lowest BCUT2D eigenvalue weighted by molar-refractivity contribution is -0.678. The van der Waals surface area contributed by atoms with Gasteiger partial charge in [0.2, 0.25) is 11.6 Å². The first-order valence-corrected chi connectivity index (χ1v) is 9.81. The van der Waals surface area contributed by atoms with Crippen molar-refractivity contribution in [2.24, 2.45) is 0 Å². The summed E-state index contributed by atoms with van der Waals surface area (Å²) in [5, 5.41) is 16.6. The summed E-state index contributed by atoms with van der Waals surface area (Å²) in [6.07, 6.45) is -0.0000337. The second kappa shape index (κ2) is 8.37. The fourth-order valence-electron chi connectivity index (χ4n) is 3.49. The maximum Gasteiger partial charge on any atom is 0.254 e. The minimum Gasteiger partial charge on any atom is -0.539 e. The molecule has 4 rings (SSSR count). The molecule has 1 saturated heterocycles. The highest BCUT2D eigenvalue weighted by Crippen LogP contribution is 2.27. The molecular formula is C21H19ClN4O5. The van der Waals surface area contributed by atoms with E-state index in [0.29, 0.717) is 22.1 Å². The molecule has 2 heterocycles. The van der Waals surface area contributed by atoms with Crippen LogP contribution in [-0.2, 0) is 16.1 Å². The Morgan fingerprint density at radius 1 is 1.23 bits per heavy atom. The number of rotatable bonds is 6. The van der Waals surface area contributed by atoms with Gasteiger partial charge in [-0.2, -0.15) is 0 Å². The number of ether oxygens (including phenoxy) is 1. The lowest BCUT2D eigenvalue weighted by Crippen LogP contribution is -2.44. The molecule has 1 fully saturated rings. The lowest BCUT2D eigenvalue weighted by Gasteiger charge is -2.21. The smallest absolute Gasteiger partial charge is 0.254 e. The van der Waals surface area contributed by atoms with Gasteiger partial charge >= 0.3 is 0 Å². The van der Waals surface area contributed by atoms with Gasteiger partial charge in [0.05, 0.1) is 37.1 Å². The van der Waals surface area contributed by atoms with Crippen LogP contribution in [0.25, 0.3) is 5.69 Å². The number of aromatic nitrogens is 2. The van der Waals surface area contributed by atoms with Crippen LogP contribution in [0.15, 0.2) is 53.1 Å². The Morgan fingerprint density at radius 2 is 1.90 bits per heavy atom. The van der Waals surface area contributed by atoms with Gasteiger partial charge in [-0.15, -0.1) is 0 Å². The summed E-state index contributed by atoms with van der Waals surface area (Å²) in [4.78, 5) is 28.3. The maximum atomic E-state index is 13.0. The molecule has 10 heteroatoms. The van der Waals surface area contributed by atoms with E-state index in [-0.39, 0.29) is 30.5 Å². The van der Waals surface area contributed by atoms with E-state index in [1.807, 2.05) is 0 Å². The standard InChI is InChI=1S/C21H19ClN4O5/c1-24(17-11-19(27)25(20(17)28)14-5-3-13(22)4-6-14)12-18-21(29)31-23-26(18)15-7-9-16(30-2)10-8-15/h3-10,17H,11-12H2,1-2H3. The number of amides is 2.